The SMILES string of the molecule is CN(c1nccc(OCOC(=O)CO)n1)C1CCN(c2nc3ccccc3n2Cc2ccc(F)cc2)CC1. The number of piperidine rings is 1. The van der Waals surface area contributed by atoms with Crippen molar-refractivity contribution in [3.05, 3.63) is 72.2 Å². The lowest BCUT2D eigenvalue weighted by atomic mass is 10.0. The largest absolute Gasteiger partial charge is 0.440 e. The van der Waals surface area contributed by atoms with Gasteiger partial charge >= 0.3 is 5.97 Å². The summed E-state index contributed by atoms with van der Waals surface area (Å²) in [6.07, 6.45) is 3.34. The van der Waals surface area contributed by atoms with E-state index in [1.165, 1.54) is 12.1 Å². The molecule has 0 saturated carbocycles. The summed E-state index contributed by atoms with van der Waals surface area (Å²) in [5, 5.41) is 8.73. The summed E-state index contributed by atoms with van der Waals surface area (Å²) in [5.74, 6) is 0.675. The van der Waals surface area contributed by atoms with Gasteiger partial charge in [-0.15, -0.1) is 0 Å². The molecule has 1 aliphatic rings. The van der Waals surface area contributed by atoms with Crippen molar-refractivity contribution < 1.29 is 23.8 Å². The van der Waals surface area contributed by atoms with Crippen LogP contribution in [0.3, 0.4) is 0 Å². The zero-order chi connectivity index (χ0) is 26.5. The number of ether oxygens (including phenoxy) is 2. The second-order valence-electron chi connectivity index (χ2n) is 9.07. The molecule has 0 atom stereocenters. The van der Waals surface area contributed by atoms with Crippen LogP contribution in [0.25, 0.3) is 11.0 Å². The normalized spacial score (nSPS) is 14.0. The molecule has 0 spiro atoms. The van der Waals surface area contributed by atoms with Crippen LogP contribution in [0, 0.1) is 5.82 Å². The molecule has 1 saturated heterocycles. The van der Waals surface area contributed by atoms with E-state index in [2.05, 4.69) is 25.5 Å². The molecule has 10 nitrogen and oxygen atoms in total. The Labute approximate surface area is 219 Å². The quantitative estimate of drug-likeness (QED) is 0.263. The molecule has 0 radical (unpaired) electrons. The average molecular weight is 521 g/mol. The smallest absolute Gasteiger partial charge is 0.334 e. The minimum absolute atomic E-state index is 0.212. The topological polar surface area (TPSA) is 106 Å². The molecule has 0 aliphatic carbocycles. The Morgan fingerprint density at radius 1 is 1.11 bits per heavy atom. The lowest BCUT2D eigenvalue weighted by Gasteiger charge is -2.37. The van der Waals surface area contributed by atoms with Gasteiger partial charge in [-0.1, -0.05) is 24.3 Å². The standard InChI is InChI=1S/C27H29FN6O4/c1-32(26-29-13-10-24(31-26)37-18-38-25(36)17-35)21-11-14-33(15-12-21)27-30-22-4-2-3-5-23(22)34(27)16-19-6-8-20(28)9-7-19/h2-10,13,21,35H,11-12,14-18H2,1H3. The molecule has 4 aromatic rings. The number of imidazole rings is 1. The van der Waals surface area contributed by atoms with Gasteiger partial charge in [-0.05, 0) is 42.7 Å². The van der Waals surface area contributed by atoms with Crippen molar-refractivity contribution in [1.82, 2.24) is 19.5 Å². The third-order valence-electron chi connectivity index (χ3n) is 6.67. The first-order valence-corrected chi connectivity index (χ1v) is 12.4. The lowest BCUT2D eigenvalue weighted by Crippen LogP contribution is -2.44. The summed E-state index contributed by atoms with van der Waals surface area (Å²) in [6.45, 7) is 1.16. The van der Waals surface area contributed by atoms with Crippen molar-refractivity contribution in [3.63, 3.8) is 0 Å². The maximum Gasteiger partial charge on any atom is 0.334 e. The van der Waals surface area contributed by atoms with Gasteiger partial charge in [0.05, 0.1) is 17.6 Å². The number of rotatable bonds is 9. The molecule has 1 aliphatic heterocycles. The molecule has 0 amide bonds. The number of anilines is 2. The summed E-state index contributed by atoms with van der Waals surface area (Å²) in [6, 6.07) is 16.4. The van der Waals surface area contributed by atoms with Gasteiger partial charge in [-0.25, -0.2) is 19.2 Å². The van der Waals surface area contributed by atoms with Gasteiger partial charge < -0.3 is 28.9 Å². The molecular formula is C27H29FN6O4. The first-order chi connectivity index (χ1) is 18.5. The predicted molar refractivity (Wildman–Crippen MR) is 140 cm³/mol. The molecule has 0 unspecified atom stereocenters. The summed E-state index contributed by atoms with van der Waals surface area (Å²) in [7, 11) is 1.95. The van der Waals surface area contributed by atoms with Crippen molar-refractivity contribution in [3.8, 4) is 5.88 Å². The van der Waals surface area contributed by atoms with E-state index in [1.54, 1.807) is 12.3 Å². The number of carbonyl (C=O) groups excluding carboxylic acids is 1. The van der Waals surface area contributed by atoms with E-state index in [0.717, 1.165) is 48.5 Å². The molecule has 38 heavy (non-hydrogen) atoms. The van der Waals surface area contributed by atoms with Gasteiger partial charge in [0, 0.05) is 38.4 Å². The third kappa shape index (κ3) is 5.67. The first kappa shape index (κ1) is 25.4. The summed E-state index contributed by atoms with van der Waals surface area (Å²) in [5.41, 5.74) is 2.98. The highest BCUT2D eigenvalue weighted by atomic mass is 19.1. The second kappa shape index (κ2) is 11.4. The number of nitrogens with zero attached hydrogens (tertiary/aromatic N) is 6. The van der Waals surface area contributed by atoms with Gasteiger partial charge in [0.1, 0.15) is 12.4 Å². The van der Waals surface area contributed by atoms with Crippen LogP contribution < -0.4 is 14.5 Å². The van der Waals surface area contributed by atoms with Crippen molar-refractivity contribution in [1.29, 1.82) is 0 Å². The fourth-order valence-electron chi connectivity index (χ4n) is 4.63. The number of hydrogen-bond acceptors (Lipinski definition) is 9. The third-order valence-corrected chi connectivity index (χ3v) is 6.67. The van der Waals surface area contributed by atoms with Crippen molar-refractivity contribution in [2.75, 3.05) is 43.3 Å². The Morgan fingerprint density at radius 2 is 1.87 bits per heavy atom. The Bertz CT molecular complexity index is 1390. The Hall–Kier alpha value is -4.25. The average Bonchev–Trinajstić information content (AvgIpc) is 3.32. The van der Waals surface area contributed by atoms with E-state index in [1.807, 2.05) is 42.3 Å². The molecule has 1 N–H and O–H groups in total. The highest BCUT2D eigenvalue weighted by Crippen LogP contribution is 2.28. The number of aliphatic hydroxyl groups excluding tert-OH is 1. The van der Waals surface area contributed by atoms with Crippen LogP contribution in [-0.4, -0.2) is 70.2 Å². The van der Waals surface area contributed by atoms with Crippen LogP contribution in [0.4, 0.5) is 16.3 Å². The molecular weight excluding hydrogens is 491 g/mol. The van der Waals surface area contributed by atoms with Gasteiger partial charge in [0.15, 0.2) is 0 Å². The minimum atomic E-state index is -0.769. The van der Waals surface area contributed by atoms with E-state index >= 15 is 0 Å². The highest BCUT2D eigenvalue weighted by Gasteiger charge is 2.27. The number of aromatic nitrogens is 4. The van der Waals surface area contributed by atoms with Gasteiger partial charge in [-0.3, -0.25) is 0 Å². The van der Waals surface area contributed by atoms with Gasteiger partial charge in [0.2, 0.25) is 24.6 Å². The molecule has 2 aromatic carbocycles. The second-order valence-corrected chi connectivity index (χ2v) is 9.07. The summed E-state index contributed by atoms with van der Waals surface area (Å²) in [4.78, 5) is 29.1. The number of benzene rings is 2. The van der Waals surface area contributed by atoms with Gasteiger partial charge in [-0.2, -0.15) is 4.98 Å². The van der Waals surface area contributed by atoms with E-state index in [4.69, 9.17) is 19.6 Å². The fraction of sp³-hybridized carbons (Fsp3) is 0.333. The Kier molecular flexibility index (Phi) is 7.64. The number of halogens is 1. The van der Waals surface area contributed by atoms with Crippen LogP contribution >= 0.6 is 0 Å². The molecule has 1 fully saturated rings. The summed E-state index contributed by atoms with van der Waals surface area (Å²) >= 11 is 0. The zero-order valence-corrected chi connectivity index (χ0v) is 21.0. The van der Waals surface area contributed by atoms with Crippen molar-refractivity contribution >= 4 is 28.9 Å². The maximum atomic E-state index is 13.5. The van der Waals surface area contributed by atoms with Crippen LogP contribution in [0.2, 0.25) is 0 Å². The van der Waals surface area contributed by atoms with E-state index in [-0.39, 0.29) is 24.5 Å². The Balaban J connectivity index is 1.27. The van der Waals surface area contributed by atoms with Gasteiger partial charge in [0.25, 0.3) is 0 Å². The van der Waals surface area contributed by atoms with Crippen LogP contribution in [0.15, 0.2) is 60.8 Å². The van der Waals surface area contributed by atoms with E-state index in [9.17, 15) is 9.18 Å². The number of hydrogen-bond donors (Lipinski definition) is 1. The minimum Gasteiger partial charge on any atom is -0.440 e. The van der Waals surface area contributed by atoms with Crippen LogP contribution in [-0.2, 0) is 16.1 Å². The number of para-hydroxylation sites is 2. The molecule has 5 rings (SSSR count). The number of esters is 1. The highest BCUT2D eigenvalue weighted by molar-refractivity contribution is 5.79. The predicted octanol–water partition coefficient (Wildman–Crippen LogP) is 2.99. The monoisotopic (exact) mass is 520 g/mol. The number of aliphatic hydroxyl groups is 1. The molecule has 3 heterocycles. The molecule has 11 heteroatoms. The fourth-order valence-corrected chi connectivity index (χ4v) is 4.63. The summed E-state index contributed by atoms with van der Waals surface area (Å²) < 4.78 is 25.7. The molecule has 198 valence electrons. The van der Waals surface area contributed by atoms with E-state index in [0.29, 0.717) is 12.5 Å². The van der Waals surface area contributed by atoms with Crippen molar-refractivity contribution in [2.24, 2.45) is 0 Å². The van der Waals surface area contributed by atoms with Crippen LogP contribution in [0.5, 0.6) is 5.88 Å². The number of carbonyl (C=O) groups is 1. The lowest BCUT2D eigenvalue weighted by molar-refractivity contribution is -0.153. The van der Waals surface area contributed by atoms with Crippen molar-refractivity contribution in [2.45, 2.75) is 25.4 Å². The molecule has 0 bridgehead atoms. The van der Waals surface area contributed by atoms with E-state index < -0.39 is 12.6 Å². The Morgan fingerprint density at radius 3 is 2.63 bits per heavy atom. The molecule has 2 aromatic heterocycles. The maximum absolute atomic E-state index is 13.5. The number of fused-ring (bicyclic) bond motifs is 1. The van der Waals surface area contributed by atoms with Crippen LogP contribution in [0.1, 0.15) is 18.4 Å². The first-order valence-electron chi connectivity index (χ1n) is 12.4. The zero-order valence-electron chi connectivity index (χ0n) is 21.0.